The molecule has 4 atom stereocenters. The van der Waals surface area contributed by atoms with Crippen molar-refractivity contribution in [1.29, 1.82) is 0 Å². The lowest BCUT2D eigenvalue weighted by atomic mass is 10.1. The smallest absolute Gasteiger partial charge is 0.378 e. The quantitative estimate of drug-likeness (QED) is 0.176. The van der Waals surface area contributed by atoms with Gasteiger partial charge in [-0.3, -0.25) is 0 Å². The molecule has 0 aromatic carbocycles. The summed E-state index contributed by atoms with van der Waals surface area (Å²) >= 11 is 0. The first kappa shape index (κ1) is 24.6. The molecule has 0 bridgehead atoms. The van der Waals surface area contributed by atoms with Crippen LogP contribution in [-0.2, 0) is 19.0 Å². The van der Waals surface area contributed by atoms with Gasteiger partial charge < -0.3 is 39.7 Å². The molecule has 0 aliphatic carbocycles. The predicted molar refractivity (Wildman–Crippen MR) is 99.0 cm³/mol. The average Bonchev–Trinajstić information content (AvgIpc) is 3.01. The Balaban J connectivity index is 2.60. The predicted octanol–water partition coefficient (Wildman–Crippen LogP) is -0.0255. The van der Waals surface area contributed by atoms with E-state index in [1.165, 1.54) is 19.3 Å². The summed E-state index contributed by atoms with van der Waals surface area (Å²) in [4.78, 5) is 12.0. The van der Waals surface area contributed by atoms with E-state index in [1.54, 1.807) is 0 Å². The van der Waals surface area contributed by atoms with Crippen LogP contribution in [0, 0.1) is 0 Å². The maximum absolute atomic E-state index is 12.0. The summed E-state index contributed by atoms with van der Waals surface area (Å²) in [5.74, 6) is -1.40. The Labute approximate surface area is 165 Å². The van der Waals surface area contributed by atoms with Crippen LogP contribution in [0.4, 0.5) is 0 Å². The first-order chi connectivity index (χ1) is 13.4. The van der Waals surface area contributed by atoms with Crippen LogP contribution in [0.2, 0.25) is 0 Å². The number of carbonyl (C=O) groups excluding carboxylic acids is 1. The minimum atomic E-state index is -1.42. The van der Waals surface area contributed by atoms with Crippen molar-refractivity contribution >= 4 is 5.97 Å². The van der Waals surface area contributed by atoms with Crippen molar-refractivity contribution in [2.75, 3.05) is 26.4 Å². The van der Waals surface area contributed by atoms with Crippen LogP contribution >= 0.6 is 0 Å². The molecule has 28 heavy (non-hydrogen) atoms. The van der Waals surface area contributed by atoms with E-state index in [0.717, 1.165) is 19.3 Å². The first-order valence-electron chi connectivity index (χ1n) is 9.91. The average molecular weight is 406 g/mol. The Kier molecular flexibility index (Phi) is 12.1. The fourth-order valence-electron chi connectivity index (χ4n) is 2.74. The van der Waals surface area contributed by atoms with Crippen LogP contribution in [0.5, 0.6) is 0 Å². The lowest BCUT2D eigenvalue weighted by Crippen LogP contribution is -2.33. The Morgan fingerprint density at radius 2 is 1.57 bits per heavy atom. The molecular formula is C19H34O9. The van der Waals surface area contributed by atoms with Crippen LogP contribution in [0.25, 0.3) is 0 Å². The lowest BCUT2D eigenvalue weighted by molar-refractivity contribution is -0.149. The number of cyclic esters (lactones) is 1. The van der Waals surface area contributed by atoms with Gasteiger partial charge in [0.1, 0.15) is 25.4 Å². The zero-order valence-electron chi connectivity index (χ0n) is 16.5. The molecule has 9 heteroatoms. The molecule has 0 radical (unpaired) electrons. The van der Waals surface area contributed by atoms with Gasteiger partial charge in [-0.2, -0.15) is 0 Å². The Hall–Kier alpha value is -1.39. The number of aliphatic hydroxyl groups is 5. The van der Waals surface area contributed by atoms with Gasteiger partial charge in [-0.15, -0.1) is 0 Å². The van der Waals surface area contributed by atoms with Gasteiger partial charge in [0, 0.05) is 0 Å². The second-order valence-corrected chi connectivity index (χ2v) is 6.94. The number of carbonyl (C=O) groups is 1. The maximum Gasteiger partial charge on any atom is 0.378 e. The summed E-state index contributed by atoms with van der Waals surface area (Å²) in [6, 6.07) is 0. The molecule has 0 saturated carbocycles. The summed E-state index contributed by atoms with van der Waals surface area (Å²) in [7, 11) is 0. The van der Waals surface area contributed by atoms with Crippen LogP contribution in [-0.4, -0.2) is 82.3 Å². The van der Waals surface area contributed by atoms with Gasteiger partial charge in [0.2, 0.25) is 5.76 Å². The molecule has 1 aliphatic rings. The third kappa shape index (κ3) is 8.32. The Morgan fingerprint density at radius 1 is 0.929 bits per heavy atom. The third-order valence-corrected chi connectivity index (χ3v) is 4.39. The zero-order chi connectivity index (χ0) is 20.9. The van der Waals surface area contributed by atoms with Crippen LogP contribution < -0.4 is 0 Å². The number of unbranched alkanes of at least 4 members (excludes halogenated alkanes) is 5. The van der Waals surface area contributed by atoms with Crippen LogP contribution in [0.15, 0.2) is 11.5 Å². The molecule has 0 spiro atoms. The van der Waals surface area contributed by atoms with E-state index in [-0.39, 0.29) is 24.7 Å². The molecule has 0 fully saturated rings. The molecule has 5 N–H and O–H groups in total. The zero-order valence-corrected chi connectivity index (χ0v) is 16.5. The molecule has 0 saturated heterocycles. The number of aliphatic hydroxyl groups excluding tert-OH is 5. The molecule has 164 valence electrons. The van der Waals surface area contributed by atoms with Gasteiger partial charge in [-0.25, -0.2) is 4.79 Å². The monoisotopic (exact) mass is 406 g/mol. The minimum absolute atomic E-state index is 0.134. The topological polar surface area (TPSA) is 146 Å². The van der Waals surface area contributed by atoms with Crippen molar-refractivity contribution in [2.24, 2.45) is 0 Å². The van der Waals surface area contributed by atoms with Gasteiger partial charge in [-0.1, -0.05) is 45.4 Å². The summed E-state index contributed by atoms with van der Waals surface area (Å²) in [5.41, 5.74) is 0. The fraction of sp³-hybridized carbons (Fsp3) is 0.842. The van der Waals surface area contributed by atoms with Gasteiger partial charge in [0.25, 0.3) is 0 Å². The van der Waals surface area contributed by atoms with Gasteiger partial charge >= 0.3 is 5.97 Å². The second-order valence-electron chi connectivity index (χ2n) is 6.94. The summed E-state index contributed by atoms with van der Waals surface area (Å²) < 4.78 is 15.6. The highest BCUT2D eigenvalue weighted by Gasteiger charge is 2.42. The first-order valence-corrected chi connectivity index (χ1v) is 9.91. The second kappa shape index (κ2) is 13.7. The third-order valence-electron chi connectivity index (χ3n) is 4.39. The highest BCUT2D eigenvalue weighted by atomic mass is 16.6. The van der Waals surface area contributed by atoms with E-state index in [2.05, 4.69) is 6.92 Å². The summed E-state index contributed by atoms with van der Waals surface area (Å²) in [6.07, 6.45) is 2.40. The van der Waals surface area contributed by atoms with E-state index >= 15 is 0 Å². The van der Waals surface area contributed by atoms with Gasteiger partial charge in [0.15, 0.2) is 11.9 Å². The normalized spacial score (nSPS) is 20.1. The van der Waals surface area contributed by atoms with Crippen molar-refractivity contribution in [1.82, 2.24) is 0 Å². The molecule has 1 rings (SSSR count). The molecule has 9 nitrogen and oxygen atoms in total. The Morgan fingerprint density at radius 3 is 2.21 bits per heavy atom. The molecule has 2 unspecified atom stereocenters. The summed E-state index contributed by atoms with van der Waals surface area (Å²) in [6.45, 7) is 0.410. The van der Waals surface area contributed by atoms with Crippen molar-refractivity contribution in [2.45, 2.75) is 76.3 Å². The Bertz CT molecular complexity index is 480. The largest absolute Gasteiger partial charge is 0.487 e. The SMILES string of the molecule is CCCCCCCCC(O)COC1=C(OCC(O)CO)C(=O)O[C@@H]1[C@@H](O)CO. The van der Waals surface area contributed by atoms with Gasteiger partial charge in [-0.05, 0) is 6.42 Å². The maximum atomic E-state index is 12.0. The molecule has 1 aliphatic heterocycles. The van der Waals surface area contributed by atoms with Crippen LogP contribution in [0.1, 0.15) is 51.9 Å². The van der Waals surface area contributed by atoms with E-state index in [4.69, 9.17) is 24.4 Å². The van der Waals surface area contributed by atoms with Gasteiger partial charge in [0.05, 0.1) is 19.3 Å². The number of ether oxygens (including phenoxy) is 3. The van der Waals surface area contributed by atoms with E-state index in [1.807, 2.05) is 0 Å². The highest BCUT2D eigenvalue weighted by Crippen LogP contribution is 2.28. The van der Waals surface area contributed by atoms with Crippen molar-refractivity contribution < 1.29 is 44.5 Å². The number of rotatable bonds is 16. The molecule has 0 amide bonds. The highest BCUT2D eigenvalue weighted by molar-refractivity contribution is 5.89. The van der Waals surface area contributed by atoms with E-state index < -0.39 is 43.6 Å². The van der Waals surface area contributed by atoms with Crippen LogP contribution in [0.3, 0.4) is 0 Å². The fourth-order valence-corrected chi connectivity index (χ4v) is 2.74. The standard InChI is InChI=1S/C19H34O9/c1-2-3-4-5-6-7-8-13(22)11-26-17-16(15(24)10-21)28-19(25)18(17)27-12-14(23)9-20/h13-16,20-24H,2-12H2,1H3/t13?,14?,15-,16+/m0/s1. The minimum Gasteiger partial charge on any atom is -0.487 e. The lowest BCUT2D eigenvalue weighted by Gasteiger charge is -2.20. The molecule has 0 aromatic rings. The van der Waals surface area contributed by atoms with E-state index in [0.29, 0.717) is 6.42 Å². The number of hydrogen-bond acceptors (Lipinski definition) is 9. The molecule has 1 heterocycles. The van der Waals surface area contributed by atoms with Crippen molar-refractivity contribution in [3.63, 3.8) is 0 Å². The van der Waals surface area contributed by atoms with Crippen molar-refractivity contribution in [3.05, 3.63) is 11.5 Å². The number of esters is 1. The van der Waals surface area contributed by atoms with E-state index in [9.17, 15) is 20.1 Å². The van der Waals surface area contributed by atoms with Crippen molar-refractivity contribution in [3.8, 4) is 0 Å². The molecular weight excluding hydrogens is 372 g/mol. The molecule has 0 aromatic heterocycles. The number of hydrogen-bond donors (Lipinski definition) is 5. The summed E-state index contributed by atoms with van der Waals surface area (Å²) in [5, 5.41) is 47.3.